The van der Waals surface area contributed by atoms with Crippen molar-refractivity contribution in [3.63, 3.8) is 0 Å². The van der Waals surface area contributed by atoms with E-state index in [-0.39, 0.29) is 34.7 Å². The molecule has 1 atom stereocenters. The molecule has 0 bridgehead atoms. The van der Waals surface area contributed by atoms with Crippen molar-refractivity contribution in [2.45, 2.75) is 10.9 Å². The van der Waals surface area contributed by atoms with Gasteiger partial charge in [0, 0.05) is 38.9 Å². The third-order valence-electron chi connectivity index (χ3n) is 5.18. The second-order valence-corrected chi connectivity index (χ2v) is 9.47. The number of benzene rings is 2. The maximum absolute atomic E-state index is 14.6. The SMILES string of the molecule is COCCN1C(=O)C(=O)/C(=C(/O)c2ccc(S(=O)(=O)N(C)C)cc2)[C@H]1c1ccccc1F. The molecule has 0 radical (unpaired) electrons. The van der Waals surface area contributed by atoms with Crippen LogP contribution in [-0.4, -0.2) is 68.8 Å². The molecular formula is C22H23FN2O6S. The van der Waals surface area contributed by atoms with Crippen LogP contribution in [0.15, 0.2) is 59.0 Å². The Morgan fingerprint density at radius 2 is 1.75 bits per heavy atom. The van der Waals surface area contributed by atoms with Crippen LogP contribution in [0.3, 0.4) is 0 Å². The van der Waals surface area contributed by atoms with Gasteiger partial charge in [-0.2, -0.15) is 0 Å². The maximum Gasteiger partial charge on any atom is 0.295 e. The highest BCUT2D eigenvalue weighted by Gasteiger charge is 2.46. The van der Waals surface area contributed by atoms with Gasteiger partial charge in [-0.1, -0.05) is 18.2 Å². The fraction of sp³-hybridized carbons (Fsp3) is 0.273. The van der Waals surface area contributed by atoms with Crippen LogP contribution >= 0.6 is 0 Å². The maximum atomic E-state index is 14.6. The van der Waals surface area contributed by atoms with Crippen molar-refractivity contribution in [1.29, 1.82) is 0 Å². The van der Waals surface area contributed by atoms with Gasteiger partial charge in [0.1, 0.15) is 11.6 Å². The van der Waals surface area contributed by atoms with Gasteiger partial charge >= 0.3 is 0 Å². The summed E-state index contributed by atoms with van der Waals surface area (Å²) in [5.41, 5.74) is -0.107. The number of rotatable bonds is 7. The number of methoxy groups -OCH3 is 1. The third-order valence-corrected chi connectivity index (χ3v) is 7.01. The lowest BCUT2D eigenvalue weighted by molar-refractivity contribution is -0.140. The number of amides is 1. The number of hydrogen-bond acceptors (Lipinski definition) is 6. The molecule has 2 aromatic carbocycles. The van der Waals surface area contributed by atoms with E-state index in [1.807, 2.05) is 0 Å². The molecule has 1 N–H and O–H groups in total. The van der Waals surface area contributed by atoms with Gasteiger partial charge in [-0.3, -0.25) is 9.59 Å². The molecule has 10 heteroatoms. The smallest absolute Gasteiger partial charge is 0.295 e. The fourth-order valence-electron chi connectivity index (χ4n) is 3.47. The summed E-state index contributed by atoms with van der Waals surface area (Å²) in [6, 6.07) is 9.74. The number of nitrogens with zero attached hydrogens (tertiary/aromatic N) is 2. The predicted molar refractivity (Wildman–Crippen MR) is 115 cm³/mol. The van der Waals surface area contributed by atoms with Gasteiger partial charge in [0.2, 0.25) is 10.0 Å². The van der Waals surface area contributed by atoms with Gasteiger partial charge in [-0.15, -0.1) is 0 Å². The van der Waals surface area contributed by atoms with Crippen molar-refractivity contribution in [2.24, 2.45) is 0 Å². The number of carbonyl (C=O) groups is 2. The molecule has 32 heavy (non-hydrogen) atoms. The largest absolute Gasteiger partial charge is 0.507 e. The van der Waals surface area contributed by atoms with E-state index in [1.165, 1.54) is 63.7 Å². The standard InChI is InChI=1S/C22H23FN2O6S/c1-24(2)32(29,30)15-10-8-14(9-11-15)20(26)18-19(16-6-4-5-7-17(16)23)25(12-13-31-3)22(28)21(18)27/h4-11,19,26H,12-13H2,1-3H3/b20-18+/t19-/m1/s1. The van der Waals surface area contributed by atoms with Crippen LogP contribution in [0, 0.1) is 5.82 Å². The molecule has 0 saturated carbocycles. The van der Waals surface area contributed by atoms with Crippen molar-refractivity contribution in [3.05, 3.63) is 71.0 Å². The Morgan fingerprint density at radius 3 is 2.31 bits per heavy atom. The number of sulfonamides is 1. The van der Waals surface area contributed by atoms with Crippen LogP contribution < -0.4 is 0 Å². The molecular weight excluding hydrogens is 439 g/mol. The Hall–Kier alpha value is -3.08. The highest BCUT2D eigenvalue weighted by atomic mass is 32.2. The van der Waals surface area contributed by atoms with Crippen LogP contribution in [0.5, 0.6) is 0 Å². The van der Waals surface area contributed by atoms with Gasteiger partial charge in [-0.05, 0) is 30.3 Å². The Bertz CT molecular complexity index is 1180. The molecule has 1 amide bonds. The lowest BCUT2D eigenvalue weighted by Crippen LogP contribution is -2.33. The first-order chi connectivity index (χ1) is 15.1. The number of aliphatic hydroxyl groups excluding tert-OH is 1. The number of likely N-dealkylation sites (tertiary alicyclic amines) is 1. The molecule has 8 nitrogen and oxygen atoms in total. The minimum atomic E-state index is -3.69. The minimum absolute atomic E-state index is 0.00903. The monoisotopic (exact) mass is 462 g/mol. The molecule has 1 aliphatic heterocycles. The molecule has 2 aromatic rings. The molecule has 1 fully saturated rings. The molecule has 0 aliphatic carbocycles. The molecule has 0 spiro atoms. The van der Waals surface area contributed by atoms with Gasteiger partial charge in [0.25, 0.3) is 11.7 Å². The van der Waals surface area contributed by atoms with Crippen molar-refractivity contribution >= 4 is 27.5 Å². The van der Waals surface area contributed by atoms with E-state index in [1.54, 1.807) is 6.07 Å². The fourth-order valence-corrected chi connectivity index (χ4v) is 4.37. The summed E-state index contributed by atoms with van der Waals surface area (Å²) in [6.07, 6.45) is 0. The van der Waals surface area contributed by atoms with E-state index in [9.17, 15) is 27.5 Å². The molecule has 3 rings (SSSR count). The lowest BCUT2D eigenvalue weighted by Gasteiger charge is -2.25. The number of ether oxygens (including phenoxy) is 1. The van der Waals surface area contributed by atoms with Crippen LogP contribution in [0.4, 0.5) is 4.39 Å². The van der Waals surface area contributed by atoms with E-state index < -0.39 is 39.3 Å². The highest BCUT2D eigenvalue weighted by Crippen LogP contribution is 2.40. The number of Topliss-reactive ketones (excluding diaryl/α,β-unsaturated/α-hetero) is 1. The van der Waals surface area contributed by atoms with Crippen LogP contribution in [-0.2, 0) is 24.3 Å². The van der Waals surface area contributed by atoms with E-state index >= 15 is 0 Å². The average molecular weight is 462 g/mol. The molecule has 170 valence electrons. The first-order valence-corrected chi connectivity index (χ1v) is 11.1. The highest BCUT2D eigenvalue weighted by molar-refractivity contribution is 7.89. The molecule has 0 aromatic heterocycles. The second kappa shape index (κ2) is 9.19. The van der Waals surface area contributed by atoms with E-state index in [4.69, 9.17) is 4.74 Å². The third kappa shape index (κ3) is 4.16. The summed E-state index contributed by atoms with van der Waals surface area (Å²) in [5.74, 6) is -3.01. The summed E-state index contributed by atoms with van der Waals surface area (Å²) in [5, 5.41) is 10.9. The first-order valence-electron chi connectivity index (χ1n) is 9.66. The predicted octanol–water partition coefficient (Wildman–Crippen LogP) is 2.14. The molecule has 1 saturated heterocycles. The number of hydrogen-bond donors (Lipinski definition) is 1. The summed E-state index contributed by atoms with van der Waals surface area (Å²) >= 11 is 0. The zero-order chi connectivity index (χ0) is 23.6. The normalized spacial score (nSPS) is 18.5. The lowest BCUT2D eigenvalue weighted by atomic mass is 9.95. The van der Waals surface area contributed by atoms with E-state index in [2.05, 4.69) is 0 Å². The number of aliphatic hydroxyl groups is 1. The zero-order valence-corrected chi connectivity index (χ0v) is 18.6. The topological polar surface area (TPSA) is 104 Å². The van der Waals surface area contributed by atoms with Gasteiger partial charge in [-0.25, -0.2) is 17.1 Å². The minimum Gasteiger partial charge on any atom is -0.507 e. The molecule has 1 aliphatic rings. The van der Waals surface area contributed by atoms with Crippen molar-refractivity contribution in [3.8, 4) is 0 Å². The van der Waals surface area contributed by atoms with Crippen molar-refractivity contribution in [2.75, 3.05) is 34.4 Å². The number of carbonyl (C=O) groups excluding carboxylic acids is 2. The quantitative estimate of drug-likeness (QED) is 0.384. The summed E-state index contributed by atoms with van der Waals surface area (Å²) < 4.78 is 45.2. The first kappa shape index (κ1) is 23.6. The number of ketones is 1. The Balaban J connectivity index is 2.14. The van der Waals surface area contributed by atoms with Crippen molar-refractivity contribution < 1.29 is 32.2 Å². The van der Waals surface area contributed by atoms with Gasteiger partial charge in [0.15, 0.2) is 0 Å². The van der Waals surface area contributed by atoms with Gasteiger partial charge < -0.3 is 14.7 Å². The zero-order valence-electron chi connectivity index (χ0n) is 17.8. The van der Waals surface area contributed by atoms with Crippen molar-refractivity contribution in [1.82, 2.24) is 9.21 Å². The second-order valence-electron chi connectivity index (χ2n) is 7.32. The summed E-state index contributed by atoms with van der Waals surface area (Å²) in [7, 11) is 0.511. The van der Waals surface area contributed by atoms with Crippen LogP contribution in [0.2, 0.25) is 0 Å². The van der Waals surface area contributed by atoms with Crippen LogP contribution in [0.25, 0.3) is 5.76 Å². The Labute approximate surface area is 185 Å². The van der Waals surface area contributed by atoms with Gasteiger partial charge in [0.05, 0.1) is 23.1 Å². The van der Waals surface area contributed by atoms with E-state index in [0.717, 1.165) is 9.21 Å². The van der Waals surface area contributed by atoms with E-state index in [0.29, 0.717) is 0 Å². The average Bonchev–Trinajstić information content (AvgIpc) is 3.02. The summed E-state index contributed by atoms with van der Waals surface area (Å²) in [6.45, 7) is 0.117. The summed E-state index contributed by atoms with van der Waals surface area (Å²) in [4.78, 5) is 26.7. The Morgan fingerprint density at radius 1 is 1.12 bits per heavy atom. The Kier molecular flexibility index (Phi) is 6.77. The molecule has 1 heterocycles. The van der Waals surface area contributed by atoms with Crippen LogP contribution in [0.1, 0.15) is 17.2 Å². The number of halogens is 1. The molecule has 0 unspecified atom stereocenters.